The van der Waals surface area contributed by atoms with Gasteiger partial charge in [0.2, 0.25) is 0 Å². The summed E-state index contributed by atoms with van der Waals surface area (Å²) in [7, 11) is 0. The molecule has 0 spiro atoms. The lowest BCUT2D eigenvalue weighted by molar-refractivity contribution is -0.137. The third kappa shape index (κ3) is 1.90. The van der Waals surface area contributed by atoms with E-state index >= 15 is 0 Å². The molecular weight excluding hydrogens is 232 g/mol. The van der Waals surface area contributed by atoms with E-state index in [4.69, 9.17) is 16.7 Å². The van der Waals surface area contributed by atoms with Crippen LogP contribution in [0.25, 0.3) is 10.9 Å². The lowest BCUT2D eigenvalue weighted by Crippen LogP contribution is -2.16. The first kappa shape index (κ1) is 10.6. The van der Waals surface area contributed by atoms with Crippen molar-refractivity contribution in [2.24, 2.45) is 0 Å². The molecule has 82 valence electrons. The molecule has 0 radical (unpaired) electrons. The lowest BCUT2D eigenvalue weighted by atomic mass is 10.2. The second kappa shape index (κ2) is 3.94. The molecule has 1 aromatic heterocycles. The van der Waals surface area contributed by atoms with Crippen molar-refractivity contribution in [2.75, 3.05) is 0 Å². The predicted molar refractivity (Wildman–Crippen MR) is 58.6 cm³/mol. The highest BCUT2D eigenvalue weighted by Gasteiger charge is 2.06. The third-order valence-corrected chi connectivity index (χ3v) is 2.35. The van der Waals surface area contributed by atoms with E-state index in [0.717, 1.165) is 0 Å². The molecular formula is C10H7ClN2O3. The Labute approximate surface area is 94.9 Å². The normalized spacial score (nSPS) is 10.6. The molecule has 2 aromatic rings. The summed E-state index contributed by atoms with van der Waals surface area (Å²) in [5, 5.41) is 9.43. The molecule has 0 aliphatic carbocycles. The SMILES string of the molecule is O=C(O)Cn1cnc(=O)c2cc(Cl)ccc21. The van der Waals surface area contributed by atoms with E-state index in [1.54, 1.807) is 12.1 Å². The zero-order valence-corrected chi connectivity index (χ0v) is 8.81. The van der Waals surface area contributed by atoms with Crippen LogP contribution < -0.4 is 5.56 Å². The summed E-state index contributed by atoms with van der Waals surface area (Å²) < 4.78 is 1.38. The van der Waals surface area contributed by atoms with E-state index in [1.165, 1.54) is 17.0 Å². The Hall–Kier alpha value is -1.88. The van der Waals surface area contributed by atoms with Crippen molar-refractivity contribution >= 4 is 28.5 Å². The van der Waals surface area contributed by atoms with Gasteiger partial charge in [-0.25, -0.2) is 0 Å². The molecule has 2 rings (SSSR count). The zero-order chi connectivity index (χ0) is 11.7. The van der Waals surface area contributed by atoms with Gasteiger partial charge in [0.15, 0.2) is 0 Å². The molecule has 16 heavy (non-hydrogen) atoms. The van der Waals surface area contributed by atoms with Gasteiger partial charge in [-0.05, 0) is 18.2 Å². The Morgan fingerprint density at radius 1 is 1.50 bits per heavy atom. The molecule has 5 nitrogen and oxygen atoms in total. The van der Waals surface area contributed by atoms with E-state index in [1.807, 2.05) is 0 Å². The summed E-state index contributed by atoms with van der Waals surface area (Å²) in [5.41, 5.74) is 0.0888. The molecule has 1 N–H and O–H groups in total. The van der Waals surface area contributed by atoms with E-state index < -0.39 is 11.5 Å². The number of carboxylic acids is 1. The number of aliphatic carboxylic acids is 1. The Morgan fingerprint density at radius 2 is 2.25 bits per heavy atom. The van der Waals surface area contributed by atoms with E-state index in [2.05, 4.69) is 4.98 Å². The standard InChI is InChI=1S/C10H7ClN2O3/c11-6-1-2-8-7(3-6)10(16)12-5-13(8)4-9(14)15/h1-3,5H,4H2,(H,14,15). The predicted octanol–water partition coefficient (Wildman–Crippen LogP) is 1.13. The fourth-order valence-corrected chi connectivity index (χ4v) is 1.63. The first-order valence-electron chi connectivity index (χ1n) is 4.44. The van der Waals surface area contributed by atoms with Crippen LogP contribution in [0.3, 0.4) is 0 Å². The topological polar surface area (TPSA) is 72.2 Å². The van der Waals surface area contributed by atoms with E-state index in [-0.39, 0.29) is 6.54 Å². The average Bonchev–Trinajstić information content (AvgIpc) is 2.22. The van der Waals surface area contributed by atoms with Gasteiger partial charge in [0, 0.05) is 5.02 Å². The second-order valence-electron chi connectivity index (χ2n) is 3.23. The number of hydrogen-bond acceptors (Lipinski definition) is 3. The van der Waals surface area contributed by atoms with Gasteiger partial charge < -0.3 is 9.67 Å². The van der Waals surface area contributed by atoms with Crippen molar-refractivity contribution in [1.82, 2.24) is 9.55 Å². The summed E-state index contributed by atoms with van der Waals surface area (Å²) in [6, 6.07) is 4.68. The number of halogens is 1. The maximum Gasteiger partial charge on any atom is 0.323 e. The van der Waals surface area contributed by atoms with Crippen molar-refractivity contribution < 1.29 is 9.90 Å². The van der Waals surface area contributed by atoms with Gasteiger partial charge >= 0.3 is 5.97 Å². The van der Waals surface area contributed by atoms with E-state index in [9.17, 15) is 9.59 Å². The molecule has 0 amide bonds. The lowest BCUT2D eigenvalue weighted by Gasteiger charge is -2.06. The molecule has 0 atom stereocenters. The molecule has 0 saturated heterocycles. The second-order valence-corrected chi connectivity index (χ2v) is 3.67. The Morgan fingerprint density at radius 3 is 2.94 bits per heavy atom. The van der Waals surface area contributed by atoms with Gasteiger partial charge in [-0.15, -0.1) is 0 Å². The summed E-state index contributed by atoms with van der Waals surface area (Å²) in [6.45, 7) is -0.245. The number of fused-ring (bicyclic) bond motifs is 1. The van der Waals surface area contributed by atoms with Crippen molar-refractivity contribution in [2.45, 2.75) is 6.54 Å². The number of nitrogens with zero attached hydrogens (tertiary/aromatic N) is 2. The number of carboxylic acid groups (broad SMARTS) is 1. The number of aromatic nitrogens is 2. The smallest absolute Gasteiger partial charge is 0.323 e. The van der Waals surface area contributed by atoms with Crippen molar-refractivity contribution in [3.63, 3.8) is 0 Å². The van der Waals surface area contributed by atoms with Crippen molar-refractivity contribution in [1.29, 1.82) is 0 Å². The fourth-order valence-electron chi connectivity index (χ4n) is 1.46. The Balaban J connectivity index is 2.74. The highest BCUT2D eigenvalue weighted by Crippen LogP contribution is 2.15. The summed E-state index contributed by atoms with van der Waals surface area (Å²) in [6.07, 6.45) is 1.21. The van der Waals surface area contributed by atoms with Crippen LogP contribution in [0.1, 0.15) is 0 Å². The van der Waals surface area contributed by atoms with Gasteiger partial charge in [-0.1, -0.05) is 11.6 Å². The van der Waals surface area contributed by atoms with Crippen LogP contribution in [-0.4, -0.2) is 20.6 Å². The minimum Gasteiger partial charge on any atom is -0.480 e. The van der Waals surface area contributed by atoms with Gasteiger partial charge in [0.25, 0.3) is 5.56 Å². The van der Waals surface area contributed by atoms with Gasteiger partial charge in [0.1, 0.15) is 6.54 Å². The van der Waals surface area contributed by atoms with Crippen molar-refractivity contribution in [3.8, 4) is 0 Å². The molecule has 0 bridgehead atoms. The monoisotopic (exact) mass is 238 g/mol. The maximum absolute atomic E-state index is 11.4. The Kier molecular flexibility index (Phi) is 2.62. The van der Waals surface area contributed by atoms with Crippen LogP contribution in [-0.2, 0) is 11.3 Å². The van der Waals surface area contributed by atoms with Crippen LogP contribution in [0, 0.1) is 0 Å². The van der Waals surface area contributed by atoms with Gasteiger partial charge in [-0.2, -0.15) is 4.98 Å². The molecule has 0 fully saturated rings. The molecule has 0 aliphatic heterocycles. The molecule has 0 saturated carbocycles. The molecule has 0 unspecified atom stereocenters. The number of benzene rings is 1. The Bertz CT molecular complexity index is 621. The quantitative estimate of drug-likeness (QED) is 0.851. The molecule has 1 aromatic carbocycles. The summed E-state index contributed by atoms with van der Waals surface area (Å²) >= 11 is 5.76. The fraction of sp³-hybridized carbons (Fsp3) is 0.100. The van der Waals surface area contributed by atoms with Gasteiger partial charge in [-0.3, -0.25) is 9.59 Å². The van der Waals surface area contributed by atoms with Crippen LogP contribution >= 0.6 is 11.6 Å². The third-order valence-electron chi connectivity index (χ3n) is 2.12. The first-order chi connectivity index (χ1) is 7.58. The summed E-state index contributed by atoms with van der Waals surface area (Å²) in [5.74, 6) is -0.998. The highest BCUT2D eigenvalue weighted by molar-refractivity contribution is 6.31. The number of rotatable bonds is 2. The van der Waals surface area contributed by atoms with Gasteiger partial charge in [0.05, 0.1) is 17.2 Å². The number of carbonyl (C=O) groups is 1. The average molecular weight is 239 g/mol. The first-order valence-corrected chi connectivity index (χ1v) is 4.82. The summed E-state index contributed by atoms with van der Waals surface area (Å²) in [4.78, 5) is 25.6. The largest absolute Gasteiger partial charge is 0.480 e. The van der Waals surface area contributed by atoms with Crippen LogP contribution in [0.15, 0.2) is 29.3 Å². The zero-order valence-electron chi connectivity index (χ0n) is 8.05. The molecule has 6 heteroatoms. The number of hydrogen-bond donors (Lipinski definition) is 1. The highest BCUT2D eigenvalue weighted by atomic mass is 35.5. The van der Waals surface area contributed by atoms with Crippen LogP contribution in [0.4, 0.5) is 0 Å². The van der Waals surface area contributed by atoms with E-state index in [0.29, 0.717) is 15.9 Å². The minimum atomic E-state index is -0.998. The van der Waals surface area contributed by atoms with Crippen molar-refractivity contribution in [3.05, 3.63) is 39.9 Å². The minimum absolute atomic E-state index is 0.245. The van der Waals surface area contributed by atoms with Crippen LogP contribution in [0.2, 0.25) is 5.02 Å². The molecule has 1 heterocycles. The maximum atomic E-state index is 11.4. The molecule has 0 aliphatic rings. The van der Waals surface area contributed by atoms with Crippen LogP contribution in [0.5, 0.6) is 0 Å².